The first-order chi connectivity index (χ1) is 7.93. The van der Waals surface area contributed by atoms with E-state index in [2.05, 4.69) is 0 Å². The van der Waals surface area contributed by atoms with E-state index in [-0.39, 0.29) is 11.3 Å². The monoisotopic (exact) mass is 244 g/mol. The molecule has 0 saturated heterocycles. The van der Waals surface area contributed by atoms with Crippen molar-refractivity contribution >= 4 is 6.29 Å². The molecule has 1 aliphatic carbocycles. The highest BCUT2D eigenvalue weighted by Gasteiger charge is 2.49. The summed E-state index contributed by atoms with van der Waals surface area (Å²) < 4.78 is 43.4. The van der Waals surface area contributed by atoms with Gasteiger partial charge in [0.2, 0.25) is 0 Å². The molecular formula is C12H11F3O2. The smallest absolute Gasteiger partial charge is 0.416 e. The molecule has 0 unspecified atom stereocenters. The first-order valence-corrected chi connectivity index (χ1v) is 5.15. The molecular weight excluding hydrogens is 233 g/mol. The number of carbonyl (C=O) groups excluding carboxylic acids is 1. The van der Waals surface area contributed by atoms with E-state index in [0.717, 1.165) is 6.07 Å². The lowest BCUT2D eigenvalue weighted by Gasteiger charge is -2.17. The van der Waals surface area contributed by atoms with Gasteiger partial charge >= 0.3 is 6.18 Å². The summed E-state index contributed by atoms with van der Waals surface area (Å²) in [5.41, 5.74) is -1.65. The van der Waals surface area contributed by atoms with Crippen molar-refractivity contribution in [2.24, 2.45) is 0 Å². The average Bonchev–Trinajstić information content (AvgIpc) is 3.08. The van der Waals surface area contributed by atoms with Crippen LogP contribution in [0.15, 0.2) is 18.2 Å². The summed E-state index contributed by atoms with van der Waals surface area (Å²) in [4.78, 5) is 10.9. The van der Waals surface area contributed by atoms with Crippen LogP contribution in [-0.2, 0) is 16.4 Å². The molecule has 1 fully saturated rings. The summed E-state index contributed by atoms with van der Waals surface area (Å²) in [7, 11) is 1.31. The first-order valence-electron chi connectivity index (χ1n) is 5.15. The average molecular weight is 244 g/mol. The second-order valence-corrected chi connectivity index (χ2v) is 4.18. The van der Waals surface area contributed by atoms with Gasteiger partial charge < -0.3 is 9.53 Å². The van der Waals surface area contributed by atoms with Gasteiger partial charge in [0.1, 0.15) is 12.0 Å². The van der Waals surface area contributed by atoms with Gasteiger partial charge in [0.05, 0.1) is 18.1 Å². The number of methoxy groups -OCH3 is 1. The van der Waals surface area contributed by atoms with E-state index in [4.69, 9.17) is 4.74 Å². The Hall–Kier alpha value is -1.52. The van der Waals surface area contributed by atoms with Crippen molar-refractivity contribution in [2.75, 3.05) is 7.11 Å². The number of benzene rings is 1. The topological polar surface area (TPSA) is 26.3 Å². The molecule has 1 saturated carbocycles. The van der Waals surface area contributed by atoms with E-state index < -0.39 is 17.2 Å². The Balaban J connectivity index is 2.56. The van der Waals surface area contributed by atoms with Crippen LogP contribution in [0.4, 0.5) is 13.2 Å². The second kappa shape index (κ2) is 3.75. The standard InChI is InChI=1S/C12H11F3O2/c1-17-8-2-3-9(11(7-16)4-5-11)10(6-8)12(13,14)15/h2-3,6-7H,4-5H2,1H3. The highest BCUT2D eigenvalue weighted by Crippen LogP contribution is 2.50. The molecule has 2 rings (SSSR count). The molecule has 0 spiro atoms. The third-order valence-electron chi connectivity index (χ3n) is 3.08. The van der Waals surface area contributed by atoms with Crippen LogP contribution in [0.5, 0.6) is 5.75 Å². The minimum absolute atomic E-state index is 0.0563. The Bertz CT molecular complexity index is 448. The molecule has 0 radical (unpaired) electrons. The van der Waals surface area contributed by atoms with Crippen molar-refractivity contribution in [1.29, 1.82) is 0 Å². The minimum Gasteiger partial charge on any atom is -0.497 e. The van der Waals surface area contributed by atoms with Gasteiger partial charge in [-0.05, 0) is 30.5 Å². The Morgan fingerprint density at radius 2 is 2.00 bits per heavy atom. The van der Waals surface area contributed by atoms with E-state index in [1.54, 1.807) is 0 Å². The fourth-order valence-corrected chi connectivity index (χ4v) is 1.90. The summed E-state index contributed by atoms with van der Waals surface area (Å²) in [6.07, 6.45) is -2.90. The summed E-state index contributed by atoms with van der Waals surface area (Å²) in [5, 5.41) is 0. The maximum Gasteiger partial charge on any atom is 0.416 e. The number of alkyl halides is 3. The molecule has 17 heavy (non-hydrogen) atoms. The molecule has 5 heteroatoms. The Morgan fingerprint density at radius 1 is 1.35 bits per heavy atom. The Labute approximate surface area is 96.4 Å². The second-order valence-electron chi connectivity index (χ2n) is 4.18. The Morgan fingerprint density at radius 3 is 2.41 bits per heavy atom. The zero-order valence-corrected chi connectivity index (χ0v) is 9.17. The van der Waals surface area contributed by atoms with Crippen molar-refractivity contribution < 1.29 is 22.7 Å². The predicted molar refractivity (Wildman–Crippen MR) is 55.0 cm³/mol. The van der Waals surface area contributed by atoms with Gasteiger partial charge in [-0.25, -0.2) is 0 Å². The largest absolute Gasteiger partial charge is 0.497 e. The molecule has 1 aromatic carbocycles. The lowest BCUT2D eigenvalue weighted by molar-refractivity contribution is -0.138. The third kappa shape index (κ3) is 2.01. The van der Waals surface area contributed by atoms with Crippen LogP contribution in [0.1, 0.15) is 24.0 Å². The highest BCUT2D eigenvalue weighted by atomic mass is 19.4. The number of hydrogen-bond donors (Lipinski definition) is 0. The summed E-state index contributed by atoms with van der Waals surface area (Å²) in [6.45, 7) is 0. The number of halogens is 3. The lowest BCUT2D eigenvalue weighted by atomic mass is 9.92. The number of rotatable bonds is 3. The number of aldehydes is 1. The van der Waals surface area contributed by atoms with Gasteiger partial charge in [0.15, 0.2) is 0 Å². The fourth-order valence-electron chi connectivity index (χ4n) is 1.90. The van der Waals surface area contributed by atoms with Gasteiger partial charge in [0, 0.05) is 0 Å². The normalized spacial score (nSPS) is 17.6. The Kier molecular flexibility index (Phi) is 2.64. The molecule has 0 aliphatic heterocycles. The molecule has 0 heterocycles. The molecule has 1 aromatic rings. The quantitative estimate of drug-likeness (QED) is 0.764. The summed E-state index contributed by atoms with van der Waals surface area (Å²) in [5.74, 6) is 0.141. The van der Waals surface area contributed by atoms with Gasteiger partial charge in [0.25, 0.3) is 0 Å². The molecule has 0 amide bonds. The third-order valence-corrected chi connectivity index (χ3v) is 3.08. The van der Waals surface area contributed by atoms with Crippen LogP contribution in [0.25, 0.3) is 0 Å². The van der Waals surface area contributed by atoms with E-state index in [1.807, 2.05) is 0 Å². The van der Waals surface area contributed by atoms with Crippen LogP contribution >= 0.6 is 0 Å². The molecule has 0 N–H and O–H groups in total. The van der Waals surface area contributed by atoms with Crippen LogP contribution in [-0.4, -0.2) is 13.4 Å². The molecule has 1 aliphatic rings. The summed E-state index contributed by atoms with van der Waals surface area (Å²) >= 11 is 0. The molecule has 0 bridgehead atoms. The van der Waals surface area contributed by atoms with Gasteiger partial charge in [-0.2, -0.15) is 13.2 Å². The maximum atomic E-state index is 12.9. The molecule has 2 nitrogen and oxygen atoms in total. The van der Waals surface area contributed by atoms with Gasteiger partial charge in [-0.3, -0.25) is 0 Å². The number of ether oxygens (including phenoxy) is 1. The lowest BCUT2D eigenvalue weighted by Crippen LogP contribution is -2.17. The molecule has 0 atom stereocenters. The van der Waals surface area contributed by atoms with E-state index in [0.29, 0.717) is 19.1 Å². The van der Waals surface area contributed by atoms with Crippen LogP contribution in [0.3, 0.4) is 0 Å². The van der Waals surface area contributed by atoms with Crippen molar-refractivity contribution in [3.8, 4) is 5.75 Å². The van der Waals surface area contributed by atoms with Crippen LogP contribution in [0.2, 0.25) is 0 Å². The van der Waals surface area contributed by atoms with Crippen molar-refractivity contribution in [3.05, 3.63) is 29.3 Å². The van der Waals surface area contributed by atoms with E-state index in [9.17, 15) is 18.0 Å². The van der Waals surface area contributed by atoms with E-state index in [1.165, 1.54) is 19.2 Å². The van der Waals surface area contributed by atoms with E-state index >= 15 is 0 Å². The van der Waals surface area contributed by atoms with Gasteiger partial charge in [-0.1, -0.05) is 6.07 Å². The van der Waals surface area contributed by atoms with Crippen LogP contribution < -0.4 is 4.74 Å². The van der Waals surface area contributed by atoms with Gasteiger partial charge in [-0.15, -0.1) is 0 Å². The minimum atomic E-state index is -4.47. The zero-order valence-electron chi connectivity index (χ0n) is 9.17. The van der Waals surface area contributed by atoms with Crippen molar-refractivity contribution in [1.82, 2.24) is 0 Å². The molecule has 92 valence electrons. The first kappa shape index (κ1) is 12.0. The fraction of sp³-hybridized carbons (Fsp3) is 0.417. The number of carbonyl (C=O) groups is 1. The summed E-state index contributed by atoms with van der Waals surface area (Å²) in [6, 6.07) is 3.73. The van der Waals surface area contributed by atoms with Crippen molar-refractivity contribution in [3.63, 3.8) is 0 Å². The predicted octanol–water partition coefficient (Wildman–Crippen LogP) is 2.94. The highest BCUT2D eigenvalue weighted by molar-refractivity contribution is 5.74. The van der Waals surface area contributed by atoms with Crippen molar-refractivity contribution in [2.45, 2.75) is 24.4 Å². The maximum absolute atomic E-state index is 12.9. The molecule has 0 aromatic heterocycles. The number of hydrogen-bond acceptors (Lipinski definition) is 2. The van der Waals surface area contributed by atoms with Crippen LogP contribution in [0, 0.1) is 0 Å². The SMILES string of the molecule is COc1ccc(C2(C=O)CC2)c(C(F)(F)F)c1. The zero-order chi connectivity index (χ0) is 12.7.